The topological polar surface area (TPSA) is 80.5 Å². The minimum absolute atomic E-state index is 0.602. The van der Waals surface area contributed by atoms with Crippen LogP contribution in [0.5, 0.6) is 0 Å². The average Bonchev–Trinajstić information content (AvgIpc) is 2.62. The summed E-state index contributed by atoms with van der Waals surface area (Å²) >= 11 is 0. The van der Waals surface area contributed by atoms with E-state index in [9.17, 15) is 0 Å². The maximum Gasteiger partial charge on any atom is 0.164 e. The Kier molecular flexibility index (Phi) is 1.55. The van der Waals surface area contributed by atoms with Gasteiger partial charge in [-0.2, -0.15) is 5.26 Å². The predicted molar refractivity (Wildman–Crippen MR) is 40.9 cm³/mol. The summed E-state index contributed by atoms with van der Waals surface area (Å²) in [6, 6.07) is 1.32. The van der Waals surface area contributed by atoms with Gasteiger partial charge >= 0.3 is 0 Å². The first kappa shape index (κ1) is 7.25. The molecule has 2 rings (SSSR count). The van der Waals surface area contributed by atoms with E-state index in [1.807, 2.05) is 10.6 Å². The minimum atomic E-state index is -0.635. The highest BCUT2D eigenvalue weighted by Crippen LogP contribution is 2.17. The molecule has 0 spiro atoms. The second-order valence-corrected chi connectivity index (χ2v) is 2.84. The van der Waals surface area contributed by atoms with Crippen molar-refractivity contribution in [2.24, 2.45) is 5.73 Å². The molecule has 1 atom stereocenters. The van der Waals surface area contributed by atoms with Gasteiger partial charge in [0.15, 0.2) is 11.9 Å². The van der Waals surface area contributed by atoms with E-state index >= 15 is 0 Å². The third-order valence-corrected chi connectivity index (χ3v) is 2.06. The summed E-state index contributed by atoms with van der Waals surface area (Å²) in [4.78, 5) is 0. The van der Waals surface area contributed by atoms with Gasteiger partial charge in [0.1, 0.15) is 5.82 Å². The lowest BCUT2D eigenvalue weighted by Gasteiger charge is -2.02. The van der Waals surface area contributed by atoms with Crippen LogP contribution in [0.4, 0.5) is 0 Å². The predicted octanol–water partition coefficient (Wildman–Crippen LogP) is -0.252. The maximum absolute atomic E-state index is 8.58. The molecule has 0 bridgehead atoms. The molecule has 0 radical (unpaired) electrons. The van der Waals surface area contributed by atoms with Gasteiger partial charge in [-0.15, -0.1) is 10.2 Å². The number of nitrogens with zero attached hydrogens (tertiary/aromatic N) is 4. The van der Waals surface area contributed by atoms with Gasteiger partial charge in [0, 0.05) is 13.0 Å². The summed E-state index contributed by atoms with van der Waals surface area (Å²) in [5, 5.41) is 16.4. The molecule has 0 aromatic carbocycles. The van der Waals surface area contributed by atoms with Crippen molar-refractivity contribution in [1.29, 1.82) is 5.26 Å². The van der Waals surface area contributed by atoms with Crippen molar-refractivity contribution in [3.63, 3.8) is 0 Å². The van der Waals surface area contributed by atoms with Gasteiger partial charge in [0.25, 0.3) is 0 Å². The molecule has 0 amide bonds. The first-order valence-corrected chi connectivity index (χ1v) is 3.90. The molecule has 1 aromatic rings. The summed E-state index contributed by atoms with van der Waals surface area (Å²) in [6.07, 6.45) is 2.03. The lowest BCUT2D eigenvalue weighted by molar-refractivity contribution is 0.663. The first-order chi connectivity index (χ1) is 5.83. The van der Waals surface area contributed by atoms with Crippen LogP contribution in [-0.4, -0.2) is 14.8 Å². The highest BCUT2D eigenvalue weighted by atomic mass is 15.3. The molecule has 62 valence electrons. The van der Waals surface area contributed by atoms with Crippen LogP contribution >= 0.6 is 0 Å². The first-order valence-electron chi connectivity index (χ1n) is 3.90. The Morgan fingerprint density at radius 1 is 1.58 bits per heavy atom. The molecule has 2 N–H and O–H groups in total. The third kappa shape index (κ3) is 0.889. The Hall–Kier alpha value is -1.41. The third-order valence-electron chi connectivity index (χ3n) is 2.06. The van der Waals surface area contributed by atoms with Crippen LogP contribution in [-0.2, 0) is 13.0 Å². The smallest absolute Gasteiger partial charge is 0.164 e. The van der Waals surface area contributed by atoms with Crippen molar-refractivity contribution in [2.45, 2.75) is 25.4 Å². The van der Waals surface area contributed by atoms with Crippen LogP contribution in [0.15, 0.2) is 0 Å². The van der Waals surface area contributed by atoms with Gasteiger partial charge in [0.2, 0.25) is 0 Å². The summed E-state index contributed by atoms with van der Waals surface area (Å²) in [6.45, 7) is 0.896. The normalized spacial score (nSPS) is 17.0. The highest BCUT2D eigenvalue weighted by molar-refractivity contribution is 5.10. The number of hydrogen-bond acceptors (Lipinski definition) is 4. The van der Waals surface area contributed by atoms with E-state index in [2.05, 4.69) is 10.2 Å². The monoisotopic (exact) mass is 163 g/mol. The molecule has 5 heteroatoms. The van der Waals surface area contributed by atoms with E-state index < -0.39 is 6.04 Å². The Bertz CT molecular complexity index is 334. The maximum atomic E-state index is 8.58. The van der Waals surface area contributed by atoms with E-state index in [4.69, 9.17) is 11.0 Å². The second-order valence-electron chi connectivity index (χ2n) is 2.84. The molecule has 12 heavy (non-hydrogen) atoms. The van der Waals surface area contributed by atoms with Crippen LogP contribution in [0.2, 0.25) is 0 Å². The van der Waals surface area contributed by atoms with Crippen LogP contribution < -0.4 is 5.73 Å². The fourth-order valence-corrected chi connectivity index (χ4v) is 1.46. The average molecular weight is 163 g/mol. The zero-order valence-corrected chi connectivity index (χ0v) is 6.56. The molecule has 0 saturated heterocycles. The molecule has 0 aliphatic carbocycles. The number of nitriles is 1. The fourth-order valence-electron chi connectivity index (χ4n) is 1.46. The molecule has 1 aliphatic heterocycles. The van der Waals surface area contributed by atoms with Crippen LogP contribution in [0.1, 0.15) is 24.1 Å². The summed E-state index contributed by atoms with van der Waals surface area (Å²) < 4.78 is 1.94. The van der Waals surface area contributed by atoms with Crippen molar-refractivity contribution < 1.29 is 0 Å². The molecule has 1 aromatic heterocycles. The number of fused-ring (bicyclic) bond motifs is 1. The quantitative estimate of drug-likeness (QED) is 0.618. The van der Waals surface area contributed by atoms with Crippen molar-refractivity contribution in [3.8, 4) is 6.07 Å². The van der Waals surface area contributed by atoms with E-state index in [1.165, 1.54) is 0 Å². The SMILES string of the molecule is N#C[C@@H](N)c1nnc2n1CCC2. The van der Waals surface area contributed by atoms with Crippen molar-refractivity contribution in [1.82, 2.24) is 14.8 Å². The van der Waals surface area contributed by atoms with Crippen LogP contribution in [0, 0.1) is 11.3 Å². The van der Waals surface area contributed by atoms with Gasteiger partial charge < -0.3 is 10.3 Å². The lowest BCUT2D eigenvalue weighted by atomic mass is 10.3. The van der Waals surface area contributed by atoms with Crippen LogP contribution in [0.25, 0.3) is 0 Å². The van der Waals surface area contributed by atoms with E-state index in [-0.39, 0.29) is 0 Å². The number of nitrogens with two attached hydrogens (primary N) is 1. The summed E-state index contributed by atoms with van der Waals surface area (Å²) in [5.74, 6) is 1.56. The van der Waals surface area contributed by atoms with Crippen LogP contribution in [0.3, 0.4) is 0 Å². The molecular formula is C7H9N5. The van der Waals surface area contributed by atoms with E-state index in [1.54, 1.807) is 0 Å². The highest BCUT2D eigenvalue weighted by Gasteiger charge is 2.20. The van der Waals surface area contributed by atoms with Gasteiger partial charge in [-0.1, -0.05) is 0 Å². The minimum Gasteiger partial charge on any atom is -0.313 e. The van der Waals surface area contributed by atoms with Gasteiger partial charge in [0.05, 0.1) is 6.07 Å². The van der Waals surface area contributed by atoms with Gasteiger partial charge in [-0.05, 0) is 6.42 Å². The van der Waals surface area contributed by atoms with Gasteiger partial charge in [-0.25, -0.2) is 0 Å². The van der Waals surface area contributed by atoms with Crippen molar-refractivity contribution in [3.05, 3.63) is 11.6 Å². The lowest BCUT2D eigenvalue weighted by Crippen LogP contribution is -2.14. The Morgan fingerprint density at radius 2 is 2.42 bits per heavy atom. The fraction of sp³-hybridized carbons (Fsp3) is 0.571. The van der Waals surface area contributed by atoms with E-state index in [0.29, 0.717) is 5.82 Å². The molecule has 2 heterocycles. The zero-order chi connectivity index (χ0) is 8.55. The summed E-state index contributed by atoms with van der Waals surface area (Å²) in [7, 11) is 0. The standard InChI is InChI=1S/C7H9N5/c8-4-5(9)7-11-10-6-2-1-3-12(6)7/h5H,1-3,9H2/t5-/m1/s1. The summed E-state index contributed by atoms with van der Waals surface area (Å²) in [5.41, 5.74) is 5.53. The molecule has 0 fully saturated rings. The number of aryl methyl sites for hydroxylation is 1. The molecule has 5 nitrogen and oxygen atoms in total. The van der Waals surface area contributed by atoms with Crippen molar-refractivity contribution in [2.75, 3.05) is 0 Å². The Balaban J connectivity index is 2.41. The number of hydrogen-bond donors (Lipinski definition) is 1. The molecular weight excluding hydrogens is 154 g/mol. The molecule has 0 unspecified atom stereocenters. The Morgan fingerprint density at radius 3 is 3.17 bits per heavy atom. The largest absolute Gasteiger partial charge is 0.313 e. The number of aromatic nitrogens is 3. The number of rotatable bonds is 1. The second kappa shape index (κ2) is 2.57. The van der Waals surface area contributed by atoms with Gasteiger partial charge in [-0.3, -0.25) is 0 Å². The van der Waals surface area contributed by atoms with E-state index in [0.717, 1.165) is 25.2 Å². The Labute approximate surface area is 69.8 Å². The molecule has 0 saturated carbocycles. The van der Waals surface area contributed by atoms with Crippen molar-refractivity contribution >= 4 is 0 Å². The zero-order valence-electron chi connectivity index (χ0n) is 6.56. The molecule has 1 aliphatic rings.